The Hall–Kier alpha value is -1.95. The highest BCUT2D eigenvalue weighted by molar-refractivity contribution is 6.02. The van der Waals surface area contributed by atoms with Crippen molar-refractivity contribution in [3.05, 3.63) is 29.6 Å². The van der Waals surface area contributed by atoms with Gasteiger partial charge in [0, 0.05) is 11.3 Å². The maximum Gasteiger partial charge on any atom is 0.322 e. The Kier molecular flexibility index (Phi) is 4.57. The number of benzene rings is 1. The molecule has 2 rings (SSSR count). The van der Waals surface area contributed by atoms with E-state index in [4.69, 9.17) is 4.74 Å². The number of hydrogen-bond acceptors (Lipinski definition) is 4. The van der Waals surface area contributed by atoms with E-state index < -0.39 is 23.9 Å². The summed E-state index contributed by atoms with van der Waals surface area (Å²) in [6, 6.07) is 2.85. The number of hydrogen-bond donors (Lipinski definition) is 2. The molecule has 114 valence electrons. The van der Waals surface area contributed by atoms with E-state index in [0.717, 1.165) is 0 Å². The molecule has 0 aliphatic carbocycles. The second-order valence-corrected chi connectivity index (χ2v) is 5.53. The minimum atomic E-state index is -0.677. The smallest absolute Gasteiger partial charge is 0.322 e. The van der Waals surface area contributed by atoms with E-state index >= 15 is 0 Å². The number of fused-ring (bicyclic) bond motifs is 1. The van der Waals surface area contributed by atoms with Crippen LogP contribution in [0.2, 0.25) is 0 Å². The SMILES string of the molecule is COC(=O)C(CC(C)C)NC1C(=O)Nc2cc(F)ccc21. The fourth-order valence-corrected chi connectivity index (χ4v) is 2.45. The number of ether oxygens (including phenoxy) is 1. The predicted molar refractivity (Wildman–Crippen MR) is 76.2 cm³/mol. The van der Waals surface area contributed by atoms with Crippen LogP contribution in [0.5, 0.6) is 0 Å². The molecule has 1 aromatic carbocycles. The zero-order valence-corrected chi connectivity index (χ0v) is 12.3. The van der Waals surface area contributed by atoms with E-state index in [1.54, 1.807) is 6.07 Å². The van der Waals surface area contributed by atoms with Crippen molar-refractivity contribution in [3.8, 4) is 0 Å². The summed E-state index contributed by atoms with van der Waals surface area (Å²) in [5.74, 6) is -0.861. The molecule has 0 saturated heterocycles. The Bertz CT molecular complexity index is 560. The molecule has 1 aliphatic heterocycles. The highest BCUT2D eigenvalue weighted by Gasteiger charge is 2.34. The third-order valence-electron chi connectivity index (χ3n) is 3.41. The lowest BCUT2D eigenvalue weighted by Crippen LogP contribution is -2.43. The number of methoxy groups -OCH3 is 1. The van der Waals surface area contributed by atoms with Gasteiger partial charge < -0.3 is 10.1 Å². The van der Waals surface area contributed by atoms with Crippen LogP contribution in [-0.4, -0.2) is 25.0 Å². The van der Waals surface area contributed by atoms with Gasteiger partial charge in [0.2, 0.25) is 5.91 Å². The minimum Gasteiger partial charge on any atom is -0.468 e. The number of halogens is 1. The largest absolute Gasteiger partial charge is 0.468 e. The first-order valence-electron chi connectivity index (χ1n) is 6.86. The molecule has 1 amide bonds. The summed E-state index contributed by atoms with van der Waals surface area (Å²) in [5, 5.41) is 5.62. The zero-order valence-electron chi connectivity index (χ0n) is 12.3. The van der Waals surface area contributed by atoms with Crippen LogP contribution in [0.25, 0.3) is 0 Å². The molecule has 0 spiro atoms. The summed E-state index contributed by atoms with van der Waals surface area (Å²) in [6.07, 6.45) is 0.549. The van der Waals surface area contributed by atoms with Gasteiger partial charge in [-0.3, -0.25) is 14.9 Å². The Morgan fingerprint density at radius 3 is 2.81 bits per heavy atom. The molecule has 2 atom stereocenters. The summed E-state index contributed by atoms with van der Waals surface area (Å²) in [5.41, 5.74) is 1.07. The van der Waals surface area contributed by atoms with Crippen LogP contribution >= 0.6 is 0 Å². The first-order chi connectivity index (χ1) is 9.92. The monoisotopic (exact) mass is 294 g/mol. The van der Waals surface area contributed by atoms with Crippen LogP contribution in [0.1, 0.15) is 31.9 Å². The van der Waals surface area contributed by atoms with Crippen LogP contribution in [0, 0.1) is 11.7 Å². The molecule has 2 unspecified atom stereocenters. The van der Waals surface area contributed by atoms with E-state index in [1.165, 1.54) is 19.2 Å². The molecule has 1 aromatic rings. The summed E-state index contributed by atoms with van der Waals surface area (Å²) in [7, 11) is 1.31. The van der Waals surface area contributed by atoms with E-state index in [2.05, 4.69) is 10.6 Å². The van der Waals surface area contributed by atoms with Crippen molar-refractivity contribution in [2.45, 2.75) is 32.4 Å². The Morgan fingerprint density at radius 1 is 1.48 bits per heavy atom. The molecule has 0 saturated carbocycles. The van der Waals surface area contributed by atoms with E-state index in [1.807, 2.05) is 13.8 Å². The lowest BCUT2D eigenvalue weighted by molar-refractivity contribution is -0.144. The van der Waals surface area contributed by atoms with Gasteiger partial charge in [0.1, 0.15) is 17.9 Å². The highest BCUT2D eigenvalue weighted by Crippen LogP contribution is 2.32. The van der Waals surface area contributed by atoms with Crippen LogP contribution in [0.15, 0.2) is 18.2 Å². The van der Waals surface area contributed by atoms with Crippen molar-refractivity contribution >= 4 is 17.6 Å². The summed E-state index contributed by atoms with van der Waals surface area (Å²) in [6.45, 7) is 3.96. The van der Waals surface area contributed by atoms with Crippen LogP contribution in [-0.2, 0) is 14.3 Å². The van der Waals surface area contributed by atoms with Crippen molar-refractivity contribution in [1.29, 1.82) is 0 Å². The van der Waals surface area contributed by atoms with Crippen molar-refractivity contribution in [1.82, 2.24) is 5.32 Å². The Morgan fingerprint density at radius 2 is 2.19 bits per heavy atom. The number of carbonyl (C=O) groups is 2. The number of nitrogens with one attached hydrogen (secondary N) is 2. The predicted octanol–water partition coefficient (Wildman–Crippen LogP) is 2.00. The maximum absolute atomic E-state index is 13.2. The van der Waals surface area contributed by atoms with Gasteiger partial charge in [-0.25, -0.2) is 4.39 Å². The van der Waals surface area contributed by atoms with Crippen LogP contribution < -0.4 is 10.6 Å². The molecule has 21 heavy (non-hydrogen) atoms. The second-order valence-electron chi connectivity index (χ2n) is 5.53. The molecule has 0 aromatic heterocycles. The van der Waals surface area contributed by atoms with E-state index in [-0.39, 0.29) is 11.8 Å². The van der Waals surface area contributed by atoms with Crippen molar-refractivity contribution in [2.75, 3.05) is 12.4 Å². The number of carbonyl (C=O) groups excluding carboxylic acids is 2. The molecule has 2 N–H and O–H groups in total. The molecule has 1 aliphatic rings. The Balaban J connectivity index is 2.21. The molecular weight excluding hydrogens is 275 g/mol. The zero-order chi connectivity index (χ0) is 15.6. The Labute approximate surface area is 122 Å². The molecule has 1 heterocycles. The third kappa shape index (κ3) is 3.39. The topological polar surface area (TPSA) is 67.4 Å². The average molecular weight is 294 g/mol. The van der Waals surface area contributed by atoms with Gasteiger partial charge in [0.15, 0.2) is 0 Å². The van der Waals surface area contributed by atoms with Gasteiger partial charge in [-0.05, 0) is 24.5 Å². The molecule has 0 bridgehead atoms. The molecule has 6 heteroatoms. The van der Waals surface area contributed by atoms with Gasteiger partial charge in [0.05, 0.1) is 7.11 Å². The number of amides is 1. The quantitative estimate of drug-likeness (QED) is 0.815. The maximum atomic E-state index is 13.2. The van der Waals surface area contributed by atoms with E-state index in [0.29, 0.717) is 17.7 Å². The number of esters is 1. The van der Waals surface area contributed by atoms with Gasteiger partial charge in [-0.1, -0.05) is 19.9 Å². The van der Waals surface area contributed by atoms with Gasteiger partial charge in [-0.15, -0.1) is 0 Å². The average Bonchev–Trinajstić information content (AvgIpc) is 2.72. The molecule has 5 nitrogen and oxygen atoms in total. The van der Waals surface area contributed by atoms with Crippen molar-refractivity contribution < 1.29 is 18.7 Å². The lowest BCUT2D eigenvalue weighted by Gasteiger charge is -2.21. The lowest BCUT2D eigenvalue weighted by atomic mass is 10.0. The summed E-state index contributed by atoms with van der Waals surface area (Å²) >= 11 is 0. The van der Waals surface area contributed by atoms with Crippen molar-refractivity contribution in [3.63, 3.8) is 0 Å². The molecule has 0 fully saturated rings. The normalized spacial score (nSPS) is 18.3. The first kappa shape index (κ1) is 15.4. The fourth-order valence-electron chi connectivity index (χ4n) is 2.45. The number of anilines is 1. The summed E-state index contributed by atoms with van der Waals surface area (Å²) in [4.78, 5) is 23.9. The van der Waals surface area contributed by atoms with Crippen molar-refractivity contribution in [2.24, 2.45) is 5.92 Å². The molecule has 0 radical (unpaired) electrons. The fraction of sp³-hybridized carbons (Fsp3) is 0.467. The van der Waals surface area contributed by atoms with Crippen LogP contribution in [0.4, 0.5) is 10.1 Å². The van der Waals surface area contributed by atoms with E-state index in [9.17, 15) is 14.0 Å². The standard InChI is InChI=1S/C15H19FN2O3/c1-8(2)6-12(15(20)21-3)17-13-10-5-4-9(16)7-11(10)18-14(13)19/h4-5,7-8,12-13,17H,6H2,1-3H3,(H,18,19). The van der Waals surface area contributed by atoms with Gasteiger partial charge in [-0.2, -0.15) is 0 Å². The summed E-state index contributed by atoms with van der Waals surface area (Å²) < 4.78 is 18.0. The highest BCUT2D eigenvalue weighted by atomic mass is 19.1. The van der Waals surface area contributed by atoms with Crippen LogP contribution in [0.3, 0.4) is 0 Å². The number of rotatable bonds is 5. The molecular formula is C15H19FN2O3. The van der Waals surface area contributed by atoms with Gasteiger partial charge in [0.25, 0.3) is 0 Å². The minimum absolute atomic E-state index is 0.263. The third-order valence-corrected chi connectivity index (χ3v) is 3.41. The van der Waals surface area contributed by atoms with Gasteiger partial charge >= 0.3 is 5.97 Å². The first-order valence-corrected chi connectivity index (χ1v) is 6.86. The second kappa shape index (κ2) is 6.22.